The number of unbranched alkanes of at least 4 members (excludes halogenated alkanes) is 1. The van der Waals surface area contributed by atoms with E-state index in [0.29, 0.717) is 6.61 Å². The summed E-state index contributed by atoms with van der Waals surface area (Å²) in [6.45, 7) is 2.18. The molecule has 1 heterocycles. The van der Waals surface area contributed by atoms with Crippen LogP contribution in [0.5, 0.6) is 0 Å². The van der Waals surface area contributed by atoms with E-state index in [1.54, 1.807) is 0 Å². The van der Waals surface area contributed by atoms with Gasteiger partial charge in [0.2, 0.25) is 6.29 Å². The number of aliphatic hydroxyl groups is 3. The minimum atomic E-state index is -1.10. The van der Waals surface area contributed by atoms with Crippen molar-refractivity contribution >= 4 is 0 Å². The lowest BCUT2D eigenvalue weighted by atomic mass is 10.1. The van der Waals surface area contributed by atoms with Crippen LogP contribution in [0, 0.1) is 0 Å². The van der Waals surface area contributed by atoms with Crippen LogP contribution in [-0.4, -0.2) is 47.0 Å². The van der Waals surface area contributed by atoms with Crippen LogP contribution in [0.25, 0.3) is 0 Å². The first-order chi connectivity index (χ1) is 7.19. The van der Waals surface area contributed by atoms with Crippen molar-refractivity contribution in [3.05, 3.63) is 11.8 Å². The molecule has 5 heteroatoms. The van der Waals surface area contributed by atoms with Crippen molar-refractivity contribution in [1.82, 2.24) is 0 Å². The van der Waals surface area contributed by atoms with E-state index in [2.05, 4.69) is 0 Å². The summed E-state index contributed by atoms with van der Waals surface area (Å²) in [5.74, 6) is 0.231. The summed E-state index contributed by atoms with van der Waals surface area (Å²) in [4.78, 5) is 0. The van der Waals surface area contributed by atoms with Gasteiger partial charge in [0.25, 0.3) is 0 Å². The van der Waals surface area contributed by atoms with E-state index in [1.165, 1.54) is 6.08 Å². The van der Waals surface area contributed by atoms with Crippen molar-refractivity contribution in [2.45, 2.75) is 38.3 Å². The second kappa shape index (κ2) is 6.07. The number of rotatable bonds is 5. The summed E-state index contributed by atoms with van der Waals surface area (Å²) in [5.41, 5.74) is 0. The van der Waals surface area contributed by atoms with Gasteiger partial charge in [-0.25, -0.2) is 0 Å². The predicted octanol–water partition coefficient (Wildman–Crippen LogP) is -0.243. The molecule has 0 unspecified atom stereocenters. The molecule has 5 nitrogen and oxygen atoms in total. The zero-order valence-electron chi connectivity index (χ0n) is 8.80. The average Bonchev–Trinajstić information content (AvgIpc) is 2.24. The Balaban J connectivity index is 2.47. The summed E-state index contributed by atoms with van der Waals surface area (Å²) < 4.78 is 10.4. The SMILES string of the molecule is CCCCO[C@@H]1OC(CO)=C[C@@H](O)[C@@H]1O. The smallest absolute Gasteiger partial charge is 0.228 e. The van der Waals surface area contributed by atoms with E-state index in [1.807, 2.05) is 6.92 Å². The van der Waals surface area contributed by atoms with E-state index in [0.717, 1.165) is 12.8 Å². The van der Waals surface area contributed by atoms with Gasteiger partial charge in [-0.1, -0.05) is 13.3 Å². The molecule has 1 rings (SSSR count). The highest BCUT2D eigenvalue weighted by molar-refractivity contribution is 5.05. The molecule has 0 aromatic carbocycles. The monoisotopic (exact) mass is 218 g/mol. The third kappa shape index (κ3) is 3.46. The van der Waals surface area contributed by atoms with Crippen LogP contribution in [0.4, 0.5) is 0 Å². The van der Waals surface area contributed by atoms with Crippen molar-refractivity contribution < 1.29 is 24.8 Å². The third-order valence-corrected chi connectivity index (χ3v) is 2.19. The quantitative estimate of drug-likeness (QED) is 0.555. The van der Waals surface area contributed by atoms with Gasteiger partial charge in [-0.15, -0.1) is 0 Å². The highest BCUT2D eigenvalue weighted by Gasteiger charge is 2.32. The zero-order valence-corrected chi connectivity index (χ0v) is 8.80. The fraction of sp³-hybridized carbons (Fsp3) is 0.800. The van der Waals surface area contributed by atoms with Crippen LogP contribution in [0.15, 0.2) is 11.8 Å². The minimum Gasteiger partial charge on any atom is -0.464 e. The van der Waals surface area contributed by atoms with Crippen LogP contribution in [-0.2, 0) is 9.47 Å². The molecular weight excluding hydrogens is 200 g/mol. The Morgan fingerprint density at radius 2 is 2.20 bits per heavy atom. The van der Waals surface area contributed by atoms with E-state index in [4.69, 9.17) is 14.6 Å². The molecule has 1 aliphatic rings. The van der Waals surface area contributed by atoms with Crippen LogP contribution < -0.4 is 0 Å². The Labute approximate surface area is 88.9 Å². The van der Waals surface area contributed by atoms with Crippen molar-refractivity contribution in [2.75, 3.05) is 13.2 Å². The van der Waals surface area contributed by atoms with Crippen LogP contribution >= 0.6 is 0 Å². The van der Waals surface area contributed by atoms with Crippen molar-refractivity contribution in [1.29, 1.82) is 0 Å². The minimum absolute atomic E-state index is 0.231. The number of hydrogen-bond donors (Lipinski definition) is 3. The van der Waals surface area contributed by atoms with Crippen molar-refractivity contribution in [2.24, 2.45) is 0 Å². The Hall–Kier alpha value is -0.620. The molecule has 0 aliphatic carbocycles. The fourth-order valence-corrected chi connectivity index (χ4v) is 1.27. The predicted molar refractivity (Wildman–Crippen MR) is 52.9 cm³/mol. The fourth-order valence-electron chi connectivity index (χ4n) is 1.27. The molecule has 3 atom stereocenters. The maximum absolute atomic E-state index is 9.52. The normalized spacial score (nSPS) is 30.9. The van der Waals surface area contributed by atoms with Gasteiger partial charge in [0, 0.05) is 0 Å². The lowest BCUT2D eigenvalue weighted by Gasteiger charge is -2.31. The highest BCUT2D eigenvalue weighted by Crippen LogP contribution is 2.19. The Morgan fingerprint density at radius 3 is 2.80 bits per heavy atom. The molecule has 0 saturated heterocycles. The van der Waals surface area contributed by atoms with Gasteiger partial charge in [0.05, 0.1) is 6.61 Å². The molecule has 3 N–H and O–H groups in total. The van der Waals surface area contributed by atoms with Gasteiger partial charge in [0.1, 0.15) is 24.6 Å². The Morgan fingerprint density at radius 1 is 1.47 bits per heavy atom. The molecular formula is C10H18O5. The van der Waals surface area contributed by atoms with Crippen molar-refractivity contribution in [3.63, 3.8) is 0 Å². The molecule has 0 radical (unpaired) electrons. The summed E-state index contributed by atoms with van der Waals surface area (Å²) in [7, 11) is 0. The van der Waals surface area contributed by atoms with Gasteiger partial charge in [-0.3, -0.25) is 0 Å². The lowest BCUT2D eigenvalue weighted by Crippen LogP contribution is -2.43. The summed E-state index contributed by atoms with van der Waals surface area (Å²) in [5, 5.41) is 27.8. The third-order valence-electron chi connectivity index (χ3n) is 2.19. The van der Waals surface area contributed by atoms with Crippen LogP contribution in [0.1, 0.15) is 19.8 Å². The number of hydrogen-bond acceptors (Lipinski definition) is 5. The van der Waals surface area contributed by atoms with E-state index in [-0.39, 0.29) is 12.4 Å². The standard InChI is InChI=1S/C10H18O5/c1-2-3-4-14-10-9(13)8(12)5-7(6-11)15-10/h5,8-13H,2-4,6H2,1H3/t8-,9+,10-/m1/s1. The largest absolute Gasteiger partial charge is 0.464 e. The highest BCUT2D eigenvalue weighted by atomic mass is 16.7. The second-order valence-corrected chi connectivity index (χ2v) is 3.48. The van der Waals surface area contributed by atoms with E-state index >= 15 is 0 Å². The molecule has 0 aromatic rings. The van der Waals surface area contributed by atoms with Crippen LogP contribution in [0.3, 0.4) is 0 Å². The first kappa shape index (κ1) is 12.4. The summed E-state index contributed by atoms with van der Waals surface area (Å²) in [6.07, 6.45) is 0.0857. The maximum Gasteiger partial charge on any atom is 0.228 e. The van der Waals surface area contributed by atoms with Gasteiger partial charge in [0.15, 0.2) is 0 Å². The molecule has 0 bridgehead atoms. The molecule has 88 valence electrons. The van der Waals surface area contributed by atoms with Gasteiger partial charge >= 0.3 is 0 Å². The molecule has 0 amide bonds. The van der Waals surface area contributed by atoms with Gasteiger partial charge in [-0.2, -0.15) is 0 Å². The van der Waals surface area contributed by atoms with E-state index in [9.17, 15) is 10.2 Å². The lowest BCUT2D eigenvalue weighted by molar-refractivity contribution is -0.206. The average molecular weight is 218 g/mol. The number of aliphatic hydroxyl groups excluding tert-OH is 3. The second-order valence-electron chi connectivity index (χ2n) is 3.48. The summed E-state index contributed by atoms with van der Waals surface area (Å²) in [6, 6.07) is 0. The molecule has 1 aliphatic heterocycles. The first-order valence-corrected chi connectivity index (χ1v) is 5.15. The maximum atomic E-state index is 9.52. The molecule has 15 heavy (non-hydrogen) atoms. The molecule has 0 fully saturated rings. The Bertz CT molecular complexity index is 216. The van der Waals surface area contributed by atoms with Gasteiger partial charge < -0.3 is 24.8 Å². The molecule has 0 saturated carbocycles. The topological polar surface area (TPSA) is 79.2 Å². The molecule has 0 aromatic heterocycles. The number of ether oxygens (including phenoxy) is 2. The van der Waals surface area contributed by atoms with Crippen molar-refractivity contribution in [3.8, 4) is 0 Å². The van der Waals surface area contributed by atoms with Gasteiger partial charge in [-0.05, 0) is 12.5 Å². The van der Waals surface area contributed by atoms with Crippen LogP contribution in [0.2, 0.25) is 0 Å². The van der Waals surface area contributed by atoms with E-state index < -0.39 is 18.5 Å². The zero-order chi connectivity index (χ0) is 11.3. The molecule has 0 spiro atoms. The Kier molecular flexibility index (Phi) is 5.04. The summed E-state index contributed by atoms with van der Waals surface area (Å²) >= 11 is 0. The first-order valence-electron chi connectivity index (χ1n) is 5.15.